The van der Waals surface area contributed by atoms with E-state index in [-0.39, 0.29) is 30.8 Å². The van der Waals surface area contributed by atoms with Gasteiger partial charge in [-0.25, -0.2) is 0 Å². The van der Waals surface area contributed by atoms with Gasteiger partial charge in [0.1, 0.15) is 6.54 Å². The lowest BCUT2D eigenvalue weighted by Gasteiger charge is -2.34. The zero-order chi connectivity index (χ0) is 15.4. The first-order valence-electron chi connectivity index (χ1n) is 7.40. The number of aliphatic carboxylic acids is 1. The molecule has 0 spiro atoms. The van der Waals surface area contributed by atoms with Gasteiger partial charge < -0.3 is 19.6 Å². The number of carbonyl (C=O) groups excluding carboxylic acids is 2. The minimum atomic E-state index is -1.02. The minimum Gasteiger partial charge on any atom is -0.480 e. The predicted molar refractivity (Wildman–Crippen MR) is 73.6 cm³/mol. The maximum Gasteiger partial charge on any atom is 0.323 e. The standard InChI is InChI=1S/C14H22N2O5/c1-2-15-8-10(7-12(15)17)14(20)16(9-13(18)19)11-3-5-21-6-4-11/h10-11H,2-9H2,1H3,(H,18,19)/t10-/m0/s1. The van der Waals surface area contributed by atoms with Gasteiger partial charge in [0.2, 0.25) is 11.8 Å². The molecule has 1 N–H and O–H groups in total. The van der Waals surface area contributed by atoms with Crippen molar-refractivity contribution in [3.63, 3.8) is 0 Å². The summed E-state index contributed by atoms with van der Waals surface area (Å²) in [5.41, 5.74) is 0. The molecule has 0 aromatic heterocycles. The molecule has 0 aromatic carbocycles. The summed E-state index contributed by atoms with van der Waals surface area (Å²) in [4.78, 5) is 38.5. The summed E-state index contributed by atoms with van der Waals surface area (Å²) in [5.74, 6) is -1.68. The summed E-state index contributed by atoms with van der Waals surface area (Å²) in [6.07, 6.45) is 1.49. The summed E-state index contributed by atoms with van der Waals surface area (Å²) >= 11 is 0. The van der Waals surface area contributed by atoms with Crippen LogP contribution in [0, 0.1) is 5.92 Å². The molecule has 7 nitrogen and oxygen atoms in total. The summed E-state index contributed by atoms with van der Waals surface area (Å²) in [6, 6.07) is -0.104. The zero-order valence-electron chi connectivity index (χ0n) is 12.3. The van der Waals surface area contributed by atoms with E-state index in [1.54, 1.807) is 4.90 Å². The highest BCUT2D eigenvalue weighted by molar-refractivity contribution is 5.90. The van der Waals surface area contributed by atoms with Gasteiger partial charge in [-0.05, 0) is 19.8 Å². The topological polar surface area (TPSA) is 87.2 Å². The van der Waals surface area contributed by atoms with E-state index in [1.165, 1.54) is 4.90 Å². The Hall–Kier alpha value is -1.63. The SMILES string of the molecule is CCN1C[C@@H](C(=O)N(CC(=O)O)C2CCOCC2)CC1=O. The smallest absolute Gasteiger partial charge is 0.323 e. The van der Waals surface area contributed by atoms with Gasteiger partial charge in [0.15, 0.2) is 0 Å². The maximum atomic E-state index is 12.6. The fraction of sp³-hybridized carbons (Fsp3) is 0.786. The van der Waals surface area contributed by atoms with Crippen molar-refractivity contribution >= 4 is 17.8 Å². The largest absolute Gasteiger partial charge is 0.480 e. The minimum absolute atomic E-state index is 0.0295. The van der Waals surface area contributed by atoms with Crippen LogP contribution in [-0.2, 0) is 19.1 Å². The number of carbonyl (C=O) groups is 3. The number of carboxylic acid groups (broad SMARTS) is 1. The molecule has 2 aliphatic rings. The first-order valence-corrected chi connectivity index (χ1v) is 7.40. The fourth-order valence-corrected chi connectivity index (χ4v) is 3.01. The van der Waals surface area contributed by atoms with Crippen LogP contribution in [0.5, 0.6) is 0 Å². The molecule has 0 bridgehead atoms. The number of likely N-dealkylation sites (tertiary alicyclic amines) is 1. The molecule has 2 saturated heterocycles. The summed E-state index contributed by atoms with van der Waals surface area (Å²) in [6.45, 7) is 3.63. The van der Waals surface area contributed by atoms with Gasteiger partial charge in [0, 0.05) is 38.8 Å². The Morgan fingerprint density at radius 2 is 2.05 bits per heavy atom. The molecule has 0 unspecified atom stereocenters. The molecular weight excluding hydrogens is 276 g/mol. The molecule has 0 aliphatic carbocycles. The molecule has 2 fully saturated rings. The van der Waals surface area contributed by atoms with Crippen molar-refractivity contribution in [1.82, 2.24) is 9.80 Å². The first kappa shape index (κ1) is 15.8. The van der Waals surface area contributed by atoms with Gasteiger partial charge in [-0.15, -0.1) is 0 Å². The Morgan fingerprint density at radius 1 is 1.38 bits per heavy atom. The van der Waals surface area contributed by atoms with Gasteiger partial charge in [-0.3, -0.25) is 14.4 Å². The van der Waals surface area contributed by atoms with Gasteiger partial charge >= 0.3 is 5.97 Å². The quantitative estimate of drug-likeness (QED) is 0.769. The van der Waals surface area contributed by atoms with Gasteiger partial charge in [0.25, 0.3) is 0 Å². The van der Waals surface area contributed by atoms with Crippen molar-refractivity contribution in [2.45, 2.75) is 32.2 Å². The second-order valence-electron chi connectivity index (χ2n) is 5.54. The van der Waals surface area contributed by atoms with E-state index in [9.17, 15) is 14.4 Å². The van der Waals surface area contributed by atoms with Crippen LogP contribution < -0.4 is 0 Å². The van der Waals surface area contributed by atoms with Crippen molar-refractivity contribution < 1.29 is 24.2 Å². The second kappa shape index (κ2) is 6.89. The van der Waals surface area contributed by atoms with Gasteiger partial charge in [0.05, 0.1) is 5.92 Å². The third-order valence-corrected chi connectivity index (χ3v) is 4.17. The Labute approximate surface area is 123 Å². The lowest BCUT2D eigenvalue weighted by atomic mass is 10.0. The van der Waals surface area contributed by atoms with Crippen LogP contribution in [0.25, 0.3) is 0 Å². The summed E-state index contributed by atoms with van der Waals surface area (Å²) in [5, 5.41) is 9.05. The highest BCUT2D eigenvalue weighted by Crippen LogP contribution is 2.23. The highest BCUT2D eigenvalue weighted by Gasteiger charge is 2.38. The average molecular weight is 298 g/mol. The zero-order valence-corrected chi connectivity index (χ0v) is 12.3. The van der Waals surface area contributed by atoms with Crippen LogP contribution in [-0.4, -0.2) is 71.6 Å². The number of rotatable bonds is 5. The van der Waals surface area contributed by atoms with Crippen LogP contribution in [0.3, 0.4) is 0 Å². The maximum absolute atomic E-state index is 12.6. The molecule has 7 heteroatoms. The third-order valence-electron chi connectivity index (χ3n) is 4.17. The monoisotopic (exact) mass is 298 g/mol. The summed E-state index contributed by atoms with van der Waals surface area (Å²) in [7, 11) is 0. The van der Waals surface area contributed by atoms with Crippen molar-refractivity contribution in [3.05, 3.63) is 0 Å². The van der Waals surface area contributed by atoms with Crippen LogP contribution in [0.2, 0.25) is 0 Å². The van der Waals surface area contributed by atoms with Crippen molar-refractivity contribution in [1.29, 1.82) is 0 Å². The predicted octanol–water partition coefficient (Wildman–Crippen LogP) is -0.0530. The second-order valence-corrected chi connectivity index (χ2v) is 5.54. The molecule has 118 valence electrons. The van der Waals surface area contributed by atoms with Crippen LogP contribution >= 0.6 is 0 Å². The molecule has 0 aromatic rings. The molecule has 2 aliphatic heterocycles. The van der Waals surface area contributed by atoms with Crippen molar-refractivity contribution in [2.24, 2.45) is 5.92 Å². The van der Waals surface area contributed by atoms with E-state index in [0.717, 1.165) is 0 Å². The third kappa shape index (κ3) is 3.72. The van der Waals surface area contributed by atoms with E-state index in [2.05, 4.69) is 0 Å². The molecule has 2 heterocycles. The number of amides is 2. The first-order chi connectivity index (χ1) is 10.0. The number of ether oxygens (including phenoxy) is 1. The molecule has 2 amide bonds. The Morgan fingerprint density at radius 3 is 2.57 bits per heavy atom. The number of hydrogen-bond donors (Lipinski definition) is 1. The number of hydrogen-bond acceptors (Lipinski definition) is 4. The molecular formula is C14H22N2O5. The molecule has 2 rings (SSSR count). The van der Waals surface area contributed by atoms with E-state index in [0.29, 0.717) is 39.1 Å². The Bertz CT molecular complexity index is 420. The molecule has 0 saturated carbocycles. The normalized spacial score (nSPS) is 23.4. The highest BCUT2D eigenvalue weighted by atomic mass is 16.5. The van der Waals surface area contributed by atoms with Crippen LogP contribution in [0.4, 0.5) is 0 Å². The number of carboxylic acids is 1. The van der Waals surface area contributed by atoms with Gasteiger partial charge in [-0.1, -0.05) is 0 Å². The van der Waals surface area contributed by atoms with Gasteiger partial charge in [-0.2, -0.15) is 0 Å². The molecule has 0 radical (unpaired) electrons. The Kier molecular flexibility index (Phi) is 5.17. The van der Waals surface area contributed by atoms with E-state index < -0.39 is 11.9 Å². The molecule has 21 heavy (non-hydrogen) atoms. The lowest BCUT2D eigenvalue weighted by molar-refractivity contribution is -0.149. The van der Waals surface area contributed by atoms with E-state index in [1.807, 2.05) is 6.92 Å². The molecule has 1 atom stereocenters. The van der Waals surface area contributed by atoms with Crippen molar-refractivity contribution in [2.75, 3.05) is 32.8 Å². The van der Waals surface area contributed by atoms with Crippen molar-refractivity contribution in [3.8, 4) is 0 Å². The summed E-state index contributed by atoms with van der Waals surface area (Å²) < 4.78 is 5.26. The van der Waals surface area contributed by atoms with E-state index >= 15 is 0 Å². The fourth-order valence-electron chi connectivity index (χ4n) is 3.01. The van der Waals surface area contributed by atoms with Crippen LogP contribution in [0.1, 0.15) is 26.2 Å². The lowest BCUT2D eigenvalue weighted by Crippen LogP contribution is -2.48. The average Bonchev–Trinajstić information content (AvgIpc) is 2.86. The Balaban J connectivity index is 2.07. The van der Waals surface area contributed by atoms with Crippen LogP contribution in [0.15, 0.2) is 0 Å². The number of nitrogens with zero attached hydrogens (tertiary/aromatic N) is 2. The van der Waals surface area contributed by atoms with E-state index in [4.69, 9.17) is 9.84 Å².